The Morgan fingerprint density at radius 2 is 1.96 bits per heavy atom. The molecule has 24 heavy (non-hydrogen) atoms. The number of carbonyl (C=O) groups excluding carboxylic acids is 1. The zero-order valence-electron chi connectivity index (χ0n) is 13.1. The van der Waals surface area contributed by atoms with Gasteiger partial charge in [-0.15, -0.1) is 11.8 Å². The number of amides is 1. The molecule has 0 aromatic heterocycles. The lowest BCUT2D eigenvalue weighted by Gasteiger charge is -2.08. The molecule has 0 heterocycles. The van der Waals surface area contributed by atoms with E-state index in [0.717, 1.165) is 17.1 Å². The molecule has 5 nitrogen and oxygen atoms in total. The zero-order chi connectivity index (χ0) is 17.5. The molecule has 0 unspecified atom stereocenters. The molecule has 0 saturated heterocycles. The number of hydrogen-bond donors (Lipinski definition) is 1. The van der Waals surface area contributed by atoms with E-state index in [2.05, 4.69) is 5.32 Å². The minimum Gasteiger partial charge on any atom is -0.352 e. The number of thioether (sulfide) groups is 1. The van der Waals surface area contributed by atoms with Crippen LogP contribution in [-0.4, -0.2) is 23.1 Å². The van der Waals surface area contributed by atoms with E-state index in [1.165, 1.54) is 24.3 Å². The third-order valence-electron chi connectivity index (χ3n) is 3.44. The predicted molar refractivity (Wildman–Crippen MR) is 91.9 cm³/mol. The lowest BCUT2D eigenvalue weighted by Crippen LogP contribution is -2.25. The topological polar surface area (TPSA) is 72.2 Å². The second-order valence-electron chi connectivity index (χ2n) is 5.12. The van der Waals surface area contributed by atoms with Gasteiger partial charge in [0.05, 0.1) is 4.92 Å². The molecule has 1 N–H and O–H groups in total. The highest BCUT2D eigenvalue weighted by atomic mass is 32.2. The first-order valence-corrected chi connectivity index (χ1v) is 8.38. The van der Waals surface area contributed by atoms with Crippen LogP contribution >= 0.6 is 11.8 Å². The number of hydrogen-bond acceptors (Lipinski definition) is 4. The third kappa shape index (κ3) is 4.79. The molecule has 2 aromatic carbocycles. The van der Waals surface area contributed by atoms with Crippen LogP contribution in [0.5, 0.6) is 0 Å². The fourth-order valence-electron chi connectivity index (χ4n) is 2.16. The molecule has 1 amide bonds. The van der Waals surface area contributed by atoms with Crippen molar-refractivity contribution in [2.75, 3.05) is 12.3 Å². The molecule has 0 bridgehead atoms. The highest BCUT2D eigenvalue weighted by Crippen LogP contribution is 2.21. The van der Waals surface area contributed by atoms with E-state index < -0.39 is 4.92 Å². The molecule has 0 radical (unpaired) electrons. The van der Waals surface area contributed by atoms with E-state index in [4.69, 9.17) is 0 Å². The Morgan fingerprint density at radius 1 is 1.25 bits per heavy atom. The molecule has 0 spiro atoms. The molecule has 0 fully saturated rings. The van der Waals surface area contributed by atoms with Crippen LogP contribution in [0, 0.1) is 22.9 Å². The second kappa shape index (κ2) is 8.44. The average molecular weight is 348 g/mol. The fraction of sp³-hybridized carbons (Fsp3) is 0.235. The van der Waals surface area contributed by atoms with Gasteiger partial charge in [-0.1, -0.05) is 6.07 Å². The highest BCUT2D eigenvalue weighted by molar-refractivity contribution is 7.99. The van der Waals surface area contributed by atoms with E-state index in [0.29, 0.717) is 17.7 Å². The van der Waals surface area contributed by atoms with E-state index >= 15 is 0 Å². The van der Waals surface area contributed by atoms with Crippen molar-refractivity contribution in [2.45, 2.75) is 18.2 Å². The van der Waals surface area contributed by atoms with Crippen molar-refractivity contribution < 1.29 is 14.1 Å². The normalized spacial score (nSPS) is 10.4. The van der Waals surface area contributed by atoms with Crippen molar-refractivity contribution in [3.05, 3.63) is 69.5 Å². The van der Waals surface area contributed by atoms with Gasteiger partial charge in [0.2, 0.25) is 0 Å². The SMILES string of the molecule is Cc1c(C(=O)NCCCSc2ccc(F)cc2)cccc1[N+](=O)[O-]. The van der Waals surface area contributed by atoms with Crippen LogP contribution in [0.4, 0.5) is 10.1 Å². The molecular weight excluding hydrogens is 331 g/mol. The Hall–Kier alpha value is -2.41. The predicted octanol–water partition coefficient (Wildman–Crippen LogP) is 3.95. The molecule has 2 rings (SSSR count). The van der Waals surface area contributed by atoms with Gasteiger partial charge in [-0.2, -0.15) is 0 Å². The van der Waals surface area contributed by atoms with Crippen LogP contribution in [0.25, 0.3) is 0 Å². The van der Waals surface area contributed by atoms with Gasteiger partial charge in [-0.25, -0.2) is 4.39 Å². The van der Waals surface area contributed by atoms with Crippen LogP contribution in [-0.2, 0) is 0 Å². The van der Waals surface area contributed by atoms with Crippen LogP contribution in [0.15, 0.2) is 47.4 Å². The first-order valence-electron chi connectivity index (χ1n) is 7.39. The number of carbonyl (C=O) groups is 1. The number of nitrogens with one attached hydrogen (secondary N) is 1. The molecular formula is C17H17FN2O3S. The fourth-order valence-corrected chi connectivity index (χ4v) is 3.01. The Morgan fingerprint density at radius 3 is 2.62 bits per heavy atom. The third-order valence-corrected chi connectivity index (χ3v) is 4.53. The van der Waals surface area contributed by atoms with Crippen molar-refractivity contribution in [1.82, 2.24) is 5.32 Å². The molecule has 7 heteroatoms. The summed E-state index contributed by atoms with van der Waals surface area (Å²) in [5, 5.41) is 13.7. The maximum absolute atomic E-state index is 12.8. The summed E-state index contributed by atoms with van der Waals surface area (Å²) < 4.78 is 12.8. The van der Waals surface area contributed by atoms with Crippen molar-refractivity contribution >= 4 is 23.4 Å². The molecule has 0 atom stereocenters. The lowest BCUT2D eigenvalue weighted by molar-refractivity contribution is -0.385. The van der Waals surface area contributed by atoms with E-state index in [1.807, 2.05) is 0 Å². The zero-order valence-corrected chi connectivity index (χ0v) is 13.9. The summed E-state index contributed by atoms with van der Waals surface area (Å²) in [6.07, 6.45) is 0.738. The van der Waals surface area contributed by atoms with Crippen LogP contribution in [0.2, 0.25) is 0 Å². The largest absolute Gasteiger partial charge is 0.352 e. The van der Waals surface area contributed by atoms with Gasteiger partial charge in [0, 0.05) is 28.6 Å². The summed E-state index contributed by atoms with van der Waals surface area (Å²) in [5.74, 6) is 0.196. The van der Waals surface area contributed by atoms with E-state index in [-0.39, 0.29) is 17.4 Å². The monoisotopic (exact) mass is 348 g/mol. The van der Waals surface area contributed by atoms with Crippen molar-refractivity contribution in [3.63, 3.8) is 0 Å². The number of nitrogens with zero attached hydrogens (tertiary/aromatic N) is 1. The van der Waals surface area contributed by atoms with E-state index in [9.17, 15) is 19.3 Å². The number of benzene rings is 2. The first kappa shape index (κ1) is 17.9. The minimum atomic E-state index is -0.495. The minimum absolute atomic E-state index is 0.0606. The van der Waals surface area contributed by atoms with Gasteiger partial charge in [0.25, 0.3) is 11.6 Å². The summed E-state index contributed by atoms with van der Waals surface area (Å²) in [6, 6.07) is 10.7. The molecule has 0 aliphatic carbocycles. The molecule has 0 aliphatic heterocycles. The first-order chi connectivity index (χ1) is 11.5. The molecule has 0 saturated carbocycles. The number of rotatable bonds is 7. The maximum atomic E-state index is 12.8. The standard InChI is InChI=1S/C17H17FN2O3S/c1-12-15(4-2-5-16(12)20(22)23)17(21)19-10-3-11-24-14-8-6-13(18)7-9-14/h2,4-9H,3,10-11H2,1H3,(H,19,21). The van der Waals surface area contributed by atoms with Gasteiger partial charge in [0.15, 0.2) is 0 Å². The Balaban J connectivity index is 1.80. The summed E-state index contributed by atoms with van der Waals surface area (Å²) in [4.78, 5) is 23.5. The quantitative estimate of drug-likeness (QED) is 0.356. The molecule has 0 aliphatic rings. The summed E-state index contributed by atoms with van der Waals surface area (Å²) >= 11 is 1.58. The highest BCUT2D eigenvalue weighted by Gasteiger charge is 2.17. The van der Waals surface area contributed by atoms with Gasteiger partial charge in [0.1, 0.15) is 5.82 Å². The van der Waals surface area contributed by atoms with Gasteiger partial charge in [-0.05, 0) is 49.4 Å². The van der Waals surface area contributed by atoms with Gasteiger partial charge >= 0.3 is 0 Å². The van der Waals surface area contributed by atoms with Crippen LogP contribution in [0.3, 0.4) is 0 Å². The Bertz CT molecular complexity index is 735. The van der Waals surface area contributed by atoms with Crippen molar-refractivity contribution in [1.29, 1.82) is 0 Å². The Labute approximate surface area is 143 Å². The maximum Gasteiger partial charge on any atom is 0.273 e. The van der Waals surface area contributed by atoms with Crippen molar-refractivity contribution in [3.8, 4) is 0 Å². The lowest BCUT2D eigenvalue weighted by atomic mass is 10.1. The molecule has 126 valence electrons. The average Bonchev–Trinajstić information content (AvgIpc) is 2.56. The second-order valence-corrected chi connectivity index (χ2v) is 6.29. The van der Waals surface area contributed by atoms with E-state index in [1.54, 1.807) is 36.9 Å². The molecule has 2 aromatic rings. The number of nitro groups is 1. The number of nitro benzene ring substituents is 1. The van der Waals surface area contributed by atoms with Crippen molar-refractivity contribution in [2.24, 2.45) is 0 Å². The summed E-state index contributed by atoms with van der Waals surface area (Å²) in [5.41, 5.74) is 0.616. The van der Waals surface area contributed by atoms with Crippen LogP contribution < -0.4 is 5.32 Å². The van der Waals surface area contributed by atoms with Gasteiger partial charge in [-0.3, -0.25) is 14.9 Å². The number of halogens is 1. The van der Waals surface area contributed by atoms with Crippen LogP contribution in [0.1, 0.15) is 22.3 Å². The van der Waals surface area contributed by atoms with Gasteiger partial charge < -0.3 is 5.32 Å². The summed E-state index contributed by atoms with van der Waals surface area (Å²) in [6.45, 7) is 2.03. The summed E-state index contributed by atoms with van der Waals surface area (Å²) in [7, 11) is 0. The Kier molecular flexibility index (Phi) is 6.31. The smallest absolute Gasteiger partial charge is 0.273 e.